The fourth-order valence-corrected chi connectivity index (χ4v) is 3.67. The van der Waals surface area contributed by atoms with Crippen molar-refractivity contribution in [2.24, 2.45) is 0 Å². The largest absolute Gasteiger partial charge is 0.234 e. The van der Waals surface area contributed by atoms with Crippen LogP contribution in [0.25, 0.3) is 15.5 Å². The molecule has 0 N–H and O–H groups in total. The van der Waals surface area contributed by atoms with E-state index in [1.807, 2.05) is 0 Å². The highest BCUT2D eigenvalue weighted by Gasteiger charge is 2.13. The van der Waals surface area contributed by atoms with Crippen molar-refractivity contribution in [2.45, 2.75) is 11.3 Å². The Kier molecular flexibility index (Phi) is 4.03. The number of benzene rings is 2. The van der Waals surface area contributed by atoms with Gasteiger partial charge in [0.25, 0.3) is 0 Å². The van der Waals surface area contributed by atoms with Crippen LogP contribution < -0.4 is 0 Å². The van der Waals surface area contributed by atoms with Crippen molar-refractivity contribution in [1.82, 2.24) is 19.8 Å². The molecule has 2 heterocycles. The molecule has 4 nitrogen and oxygen atoms in total. The topological polar surface area (TPSA) is 43.1 Å². The van der Waals surface area contributed by atoms with E-state index in [9.17, 15) is 4.39 Å². The number of halogens is 1. The standard InChI is InChI=1S/C17H13FN4S2/c1-23-14-8-2-11(3-9-14)10-15-19-20-17-22(15)21-16(24-17)12-4-6-13(18)7-5-12/h2-9H,10H2,1H3. The zero-order valence-corrected chi connectivity index (χ0v) is 14.4. The van der Waals surface area contributed by atoms with Gasteiger partial charge in [0.05, 0.1) is 0 Å². The van der Waals surface area contributed by atoms with Crippen molar-refractivity contribution >= 4 is 28.1 Å². The molecule has 2 aromatic heterocycles. The highest BCUT2D eigenvalue weighted by atomic mass is 32.2. The van der Waals surface area contributed by atoms with Crippen molar-refractivity contribution in [3.05, 3.63) is 65.7 Å². The van der Waals surface area contributed by atoms with Gasteiger partial charge < -0.3 is 0 Å². The molecule has 0 saturated carbocycles. The van der Waals surface area contributed by atoms with Gasteiger partial charge in [-0.3, -0.25) is 0 Å². The van der Waals surface area contributed by atoms with Crippen LogP contribution in [-0.4, -0.2) is 26.1 Å². The van der Waals surface area contributed by atoms with Crippen LogP contribution in [0.5, 0.6) is 0 Å². The zero-order valence-electron chi connectivity index (χ0n) is 12.8. The first-order chi connectivity index (χ1) is 11.7. The van der Waals surface area contributed by atoms with E-state index in [-0.39, 0.29) is 5.82 Å². The molecule has 0 unspecified atom stereocenters. The van der Waals surface area contributed by atoms with E-state index in [2.05, 4.69) is 45.8 Å². The Morgan fingerprint density at radius 3 is 2.50 bits per heavy atom. The Balaban J connectivity index is 1.65. The Labute approximate surface area is 146 Å². The smallest absolute Gasteiger partial charge is 0.207 e. The third kappa shape index (κ3) is 2.92. The predicted octanol–water partition coefficient (Wildman–Crippen LogP) is 4.30. The highest BCUT2D eigenvalue weighted by molar-refractivity contribution is 7.98. The van der Waals surface area contributed by atoms with E-state index in [4.69, 9.17) is 0 Å². The Hall–Kier alpha value is -2.25. The second kappa shape index (κ2) is 6.33. The number of fused-ring (bicyclic) bond motifs is 1. The molecule has 2 aromatic carbocycles. The second-order valence-electron chi connectivity index (χ2n) is 5.25. The molecule has 0 fully saturated rings. The summed E-state index contributed by atoms with van der Waals surface area (Å²) in [6.45, 7) is 0. The quantitative estimate of drug-likeness (QED) is 0.511. The number of hydrogen-bond acceptors (Lipinski definition) is 5. The Morgan fingerprint density at radius 1 is 1.04 bits per heavy atom. The van der Waals surface area contributed by atoms with Crippen molar-refractivity contribution in [3.63, 3.8) is 0 Å². The minimum absolute atomic E-state index is 0.254. The molecular weight excluding hydrogens is 343 g/mol. The fraction of sp³-hybridized carbons (Fsp3) is 0.118. The predicted molar refractivity (Wildman–Crippen MR) is 95.1 cm³/mol. The Bertz CT molecular complexity index is 974. The number of hydrogen-bond donors (Lipinski definition) is 0. The molecule has 24 heavy (non-hydrogen) atoms. The summed E-state index contributed by atoms with van der Waals surface area (Å²) >= 11 is 3.17. The molecular formula is C17H13FN4S2. The van der Waals surface area contributed by atoms with Crippen molar-refractivity contribution < 1.29 is 4.39 Å². The average molecular weight is 356 g/mol. The maximum Gasteiger partial charge on any atom is 0.234 e. The molecule has 0 saturated heterocycles. The first kappa shape index (κ1) is 15.3. The van der Waals surface area contributed by atoms with Crippen molar-refractivity contribution in [2.75, 3.05) is 6.26 Å². The van der Waals surface area contributed by atoms with Crippen molar-refractivity contribution in [3.8, 4) is 10.6 Å². The van der Waals surface area contributed by atoms with Crippen LogP contribution in [0.3, 0.4) is 0 Å². The number of thioether (sulfide) groups is 1. The summed E-state index contributed by atoms with van der Waals surface area (Å²) in [5.74, 6) is 0.544. The minimum Gasteiger partial charge on any atom is -0.207 e. The molecule has 0 radical (unpaired) electrons. The molecule has 0 aliphatic heterocycles. The summed E-state index contributed by atoms with van der Waals surface area (Å²) in [4.78, 5) is 1.97. The van der Waals surface area contributed by atoms with Crippen LogP contribution in [0.2, 0.25) is 0 Å². The van der Waals surface area contributed by atoms with Crippen LogP contribution in [0.1, 0.15) is 11.4 Å². The first-order valence-electron chi connectivity index (χ1n) is 7.33. The van der Waals surface area contributed by atoms with Gasteiger partial charge >= 0.3 is 0 Å². The maximum atomic E-state index is 13.1. The summed E-state index contributed by atoms with van der Waals surface area (Å²) in [7, 11) is 0. The molecule has 4 aromatic rings. The van der Waals surface area contributed by atoms with Gasteiger partial charge in [-0.15, -0.1) is 22.0 Å². The van der Waals surface area contributed by atoms with Crippen LogP contribution >= 0.6 is 23.1 Å². The van der Waals surface area contributed by atoms with Crippen LogP contribution in [0.4, 0.5) is 4.39 Å². The molecule has 0 bridgehead atoms. The summed E-state index contributed by atoms with van der Waals surface area (Å²) in [5.41, 5.74) is 2.04. The lowest BCUT2D eigenvalue weighted by molar-refractivity contribution is 0.628. The minimum atomic E-state index is -0.254. The Morgan fingerprint density at radius 2 is 1.79 bits per heavy atom. The number of rotatable bonds is 4. The van der Waals surface area contributed by atoms with Gasteiger partial charge in [-0.1, -0.05) is 23.5 Å². The second-order valence-corrected chi connectivity index (χ2v) is 7.09. The van der Waals surface area contributed by atoms with Gasteiger partial charge in [0.2, 0.25) is 4.96 Å². The number of aromatic nitrogens is 4. The fourth-order valence-electron chi connectivity index (χ4n) is 2.40. The molecule has 4 rings (SSSR count). The molecule has 7 heteroatoms. The highest BCUT2D eigenvalue weighted by Crippen LogP contribution is 2.26. The van der Waals surface area contributed by atoms with Gasteiger partial charge in [-0.05, 0) is 48.2 Å². The normalized spacial score (nSPS) is 11.2. The lowest BCUT2D eigenvalue weighted by Crippen LogP contribution is -1.97. The van der Waals surface area contributed by atoms with E-state index < -0.39 is 0 Å². The third-order valence-corrected chi connectivity index (χ3v) is 5.36. The van der Waals surface area contributed by atoms with Gasteiger partial charge in [0.15, 0.2) is 5.82 Å². The first-order valence-corrected chi connectivity index (χ1v) is 9.37. The zero-order chi connectivity index (χ0) is 16.5. The molecule has 0 amide bonds. The maximum absolute atomic E-state index is 13.1. The summed E-state index contributed by atoms with van der Waals surface area (Å²) < 4.78 is 14.8. The number of nitrogens with zero attached hydrogens (tertiary/aromatic N) is 4. The summed E-state index contributed by atoms with van der Waals surface area (Å²) in [6.07, 6.45) is 2.73. The van der Waals surface area contributed by atoms with Crippen molar-refractivity contribution in [1.29, 1.82) is 0 Å². The monoisotopic (exact) mass is 356 g/mol. The van der Waals surface area contributed by atoms with Gasteiger partial charge in [0.1, 0.15) is 10.8 Å². The van der Waals surface area contributed by atoms with Crippen LogP contribution in [-0.2, 0) is 6.42 Å². The van der Waals surface area contributed by atoms with Gasteiger partial charge in [-0.25, -0.2) is 4.39 Å². The van der Waals surface area contributed by atoms with E-state index in [0.717, 1.165) is 21.4 Å². The van der Waals surface area contributed by atoms with Gasteiger partial charge in [0, 0.05) is 16.9 Å². The molecule has 0 atom stereocenters. The van der Waals surface area contributed by atoms with E-state index in [0.29, 0.717) is 6.42 Å². The summed E-state index contributed by atoms with van der Waals surface area (Å²) in [6, 6.07) is 14.7. The van der Waals surface area contributed by atoms with E-state index >= 15 is 0 Å². The van der Waals surface area contributed by atoms with Crippen LogP contribution in [0, 0.1) is 5.82 Å². The van der Waals surface area contributed by atoms with E-state index in [1.165, 1.54) is 33.9 Å². The molecule has 0 spiro atoms. The van der Waals surface area contributed by atoms with Crippen LogP contribution in [0.15, 0.2) is 53.4 Å². The lowest BCUT2D eigenvalue weighted by Gasteiger charge is -2.00. The molecule has 0 aliphatic rings. The summed E-state index contributed by atoms with van der Waals surface area (Å²) in [5, 5.41) is 13.8. The molecule has 0 aliphatic carbocycles. The van der Waals surface area contributed by atoms with Gasteiger partial charge in [-0.2, -0.15) is 9.61 Å². The average Bonchev–Trinajstić information content (AvgIpc) is 3.18. The SMILES string of the molecule is CSc1ccc(Cc2nnc3sc(-c4ccc(F)cc4)nn23)cc1. The lowest BCUT2D eigenvalue weighted by atomic mass is 10.1. The van der Waals surface area contributed by atoms with E-state index in [1.54, 1.807) is 28.4 Å². The molecule has 120 valence electrons. The third-order valence-electron chi connectivity index (χ3n) is 3.67.